The number of hydrogen-bond acceptors (Lipinski definition) is 3. The third-order valence-corrected chi connectivity index (χ3v) is 14.7. The maximum atomic E-state index is 6.84. The van der Waals surface area contributed by atoms with Crippen molar-refractivity contribution >= 4 is 95.3 Å². The lowest BCUT2D eigenvalue weighted by Crippen LogP contribution is -2.38. The number of hydrogen-bond donors (Lipinski definition) is 1. The second kappa shape index (κ2) is 12.6. The highest BCUT2D eigenvalue weighted by atomic mass is 16.3. The summed E-state index contributed by atoms with van der Waals surface area (Å²) >= 11 is 0. The average Bonchev–Trinajstić information content (AvgIpc) is 3.98. The minimum atomic E-state index is -0.116. The first-order valence-electron chi connectivity index (χ1n) is 22.8. The number of para-hydroxylation sites is 1. The molecule has 0 spiro atoms. The highest BCUT2D eigenvalue weighted by Crippen LogP contribution is 2.50. The van der Waals surface area contributed by atoms with Crippen molar-refractivity contribution in [2.75, 3.05) is 5.32 Å². The first-order valence-corrected chi connectivity index (χ1v) is 22.8. The van der Waals surface area contributed by atoms with Crippen LogP contribution in [0.25, 0.3) is 93.6 Å². The second-order valence-electron chi connectivity index (χ2n) is 21.1. The van der Waals surface area contributed by atoms with Crippen LogP contribution in [0.15, 0.2) is 148 Å². The van der Waals surface area contributed by atoms with Gasteiger partial charge in [0.1, 0.15) is 22.3 Å². The van der Waals surface area contributed by atoms with Crippen LogP contribution in [-0.4, -0.2) is 11.8 Å². The molecule has 11 aromatic rings. The molecule has 0 saturated heterocycles. The van der Waals surface area contributed by atoms with Gasteiger partial charge in [-0.05, 0) is 110 Å². The van der Waals surface area contributed by atoms with Crippen LogP contribution in [0, 0.1) is 0 Å². The number of rotatable bonds is 3. The Morgan fingerprint density at radius 1 is 0.500 bits per heavy atom. The Labute approximate surface area is 373 Å². The standard InChI is InChI=1S/C59H49BN2O2/c1-57(2,3)32-17-20-34(21-18-32)61-48-26-43-37-22-19-33(58(4,5)6)25-52(37)64-53(43)29-41(48)38-23-24-39-42-30-54-44(36-14-10-12-16-51(36)63-54)28-49(42)62-50-27-40-35-13-9-11-15-45(35)59(7,8)46(40)31-47(50)60-55(38)56(39)62/h9-31,60-61H,1-8H3. The van der Waals surface area contributed by atoms with E-state index in [0.29, 0.717) is 0 Å². The molecule has 0 bridgehead atoms. The van der Waals surface area contributed by atoms with Gasteiger partial charge in [0, 0.05) is 65.9 Å². The molecule has 0 unspecified atom stereocenters. The van der Waals surface area contributed by atoms with E-state index in [1.165, 1.54) is 77.4 Å². The van der Waals surface area contributed by atoms with Crippen LogP contribution in [0.3, 0.4) is 0 Å². The average molecular weight is 829 g/mol. The number of nitrogens with zero attached hydrogens (tertiary/aromatic N) is 1. The smallest absolute Gasteiger partial charge is 0.198 e. The van der Waals surface area contributed by atoms with Crippen molar-refractivity contribution in [2.45, 2.75) is 71.6 Å². The molecule has 0 amide bonds. The summed E-state index contributed by atoms with van der Waals surface area (Å²) in [6, 6.07) is 52.1. The van der Waals surface area contributed by atoms with Crippen molar-refractivity contribution in [3.05, 3.63) is 162 Å². The topological polar surface area (TPSA) is 43.2 Å². The summed E-state index contributed by atoms with van der Waals surface area (Å²) in [6.07, 6.45) is 0. The summed E-state index contributed by atoms with van der Waals surface area (Å²) in [5.41, 5.74) is 22.4. The van der Waals surface area contributed by atoms with Crippen LogP contribution in [-0.2, 0) is 16.2 Å². The highest BCUT2D eigenvalue weighted by Gasteiger charge is 2.38. The molecule has 3 aromatic heterocycles. The lowest BCUT2D eigenvalue weighted by Gasteiger charge is -2.27. The number of anilines is 2. The summed E-state index contributed by atoms with van der Waals surface area (Å²) in [7, 11) is 0.796. The molecule has 0 fully saturated rings. The maximum Gasteiger partial charge on any atom is 0.198 e. The summed E-state index contributed by atoms with van der Waals surface area (Å²) in [5, 5.41) is 10.9. The quantitative estimate of drug-likeness (QED) is 0.180. The van der Waals surface area contributed by atoms with Crippen LogP contribution in [0.2, 0.25) is 0 Å². The molecule has 1 aliphatic heterocycles. The van der Waals surface area contributed by atoms with Crippen LogP contribution in [0.5, 0.6) is 0 Å². The van der Waals surface area contributed by atoms with Gasteiger partial charge in [-0.3, -0.25) is 0 Å². The van der Waals surface area contributed by atoms with E-state index >= 15 is 0 Å². The lowest BCUT2D eigenvalue weighted by molar-refractivity contribution is 0.587. The van der Waals surface area contributed by atoms with Gasteiger partial charge in [-0.25, -0.2) is 0 Å². The Morgan fingerprint density at radius 2 is 1.17 bits per heavy atom. The Balaban J connectivity index is 1.10. The van der Waals surface area contributed by atoms with Crippen molar-refractivity contribution < 1.29 is 8.83 Å². The molecule has 8 aromatic carbocycles. The van der Waals surface area contributed by atoms with Gasteiger partial charge < -0.3 is 18.7 Å². The molecular formula is C59H49BN2O2. The molecule has 0 saturated carbocycles. The molecule has 5 heteroatoms. The molecule has 0 radical (unpaired) electrons. The van der Waals surface area contributed by atoms with Gasteiger partial charge in [0.15, 0.2) is 7.28 Å². The van der Waals surface area contributed by atoms with Crippen LogP contribution in [0.4, 0.5) is 11.4 Å². The van der Waals surface area contributed by atoms with E-state index in [9.17, 15) is 0 Å². The van der Waals surface area contributed by atoms with Gasteiger partial charge >= 0.3 is 0 Å². The van der Waals surface area contributed by atoms with E-state index < -0.39 is 0 Å². The molecular weight excluding hydrogens is 779 g/mol. The van der Waals surface area contributed by atoms with Gasteiger partial charge in [-0.15, -0.1) is 0 Å². The highest BCUT2D eigenvalue weighted by molar-refractivity contribution is 6.73. The first-order chi connectivity index (χ1) is 30.7. The second-order valence-corrected chi connectivity index (χ2v) is 21.1. The van der Waals surface area contributed by atoms with Crippen LogP contribution >= 0.6 is 0 Å². The fourth-order valence-corrected chi connectivity index (χ4v) is 11.2. The minimum absolute atomic E-state index is 0.00482. The Kier molecular flexibility index (Phi) is 7.40. The third kappa shape index (κ3) is 5.24. The monoisotopic (exact) mass is 828 g/mol. The van der Waals surface area contributed by atoms with Gasteiger partial charge in [0.05, 0.1) is 5.52 Å². The van der Waals surface area contributed by atoms with E-state index in [-0.39, 0.29) is 16.2 Å². The normalized spacial score (nSPS) is 14.2. The summed E-state index contributed by atoms with van der Waals surface area (Å²) in [4.78, 5) is 0. The third-order valence-electron chi connectivity index (χ3n) is 14.7. The molecule has 310 valence electrons. The minimum Gasteiger partial charge on any atom is -0.456 e. The molecule has 4 heterocycles. The lowest BCUT2D eigenvalue weighted by atomic mass is 9.58. The zero-order valence-electron chi connectivity index (χ0n) is 37.7. The number of furan rings is 2. The van der Waals surface area contributed by atoms with E-state index in [4.69, 9.17) is 8.83 Å². The van der Waals surface area contributed by atoms with E-state index in [0.717, 1.165) is 68.1 Å². The number of aromatic nitrogens is 1. The summed E-state index contributed by atoms with van der Waals surface area (Å²) in [6.45, 7) is 18.3. The number of fused-ring (bicyclic) bond motifs is 14. The van der Waals surface area contributed by atoms with Gasteiger partial charge in [0.2, 0.25) is 0 Å². The fraction of sp³-hybridized carbons (Fsp3) is 0.186. The van der Waals surface area contributed by atoms with E-state index in [1.54, 1.807) is 0 Å². The largest absolute Gasteiger partial charge is 0.456 e. The van der Waals surface area contributed by atoms with E-state index in [2.05, 4.69) is 205 Å². The van der Waals surface area contributed by atoms with Crippen LogP contribution < -0.4 is 16.2 Å². The Hall–Kier alpha value is -6.98. The number of benzene rings is 8. The van der Waals surface area contributed by atoms with E-state index in [1.807, 2.05) is 0 Å². The Bertz CT molecular complexity index is 3820. The molecule has 4 nitrogen and oxygen atoms in total. The first kappa shape index (κ1) is 37.6. The molecule has 64 heavy (non-hydrogen) atoms. The van der Waals surface area contributed by atoms with Crippen molar-refractivity contribution in [1.82, 2.24) is 4.57 Å². The van der Waals surface area contributed by atoms with Gasteiger partial charge in [0.25, 0.3) is 0 Å². The van der Waals surface area contributed by atoms with Crippen LogP contribution in [0.1, 0.15) is 77.6 Å². The molecule has 1 N–H and O–H groups in total. The Morgan fingerprint density at radius 3 is 1.98 bits per heavy atom. The maximum absolute atomic E-state index is 6.84. The predicted octanol–water partition coefficient (Wildman–Crippen LogP) is 14.6. The summed E-state index contributed by atoms with van der Waals surface area (Å²) < 4.78 is 16.0. The molecule has 2 aliphatic rings. The fourth-order valence-electron chi connectivity index (χ4n) is 11.2. The van der Waals surface area contributed by atoms with Gasteiger partial charge in [-0.2, -0.15) is 0 Å². The van der Waals surface area contributed by atoms with Crippen molar-refractivity contribution in [1.29, 1.82) is 0 Å². The zero-order valence-corrected chi connectivity index (χ0v) is 37.7. The van der Waals surface area contributed by atoms with Gasteiger partial charge in [-0.1, -0.05) is 146 Å². The van der Waals surface area contributed by atoms with Crippen molar-refractivity contribution in [3.63, 3.8) is 0 Å². The molecule has 13 rings (SSSR count). The predicted molar refractivity (Wildman–Crippen MR) is 272 cm³/mol. The molecule has 0 atom stereocenters. The zero-order chi connectivity index (χ0) is 43.6. The van der Waals surface area contributed by atoms with Crippen molar-refractivity contribution in [2.24, 2.45) is 0 Å². The molecule has 1 aliphatic carbocycles. The SMILES string of the molecule is CC(C)(C)c1ccc(Nc2cc3c(cc2-c2ccc4c5cc6oc7ccccc7c6cc5n5c4c2Bc2cc4c(cc2-5)-c2ccccc2C4(C)C)oc2cc(C(C)(C)C)ccc23)cc1. The number of nitrogens with one attached hydrogen (secondary N) is 1. The summed E-state index contributed by atoms with van der Waals surface area (Å²) in [5.74, 6) is 0. The van der Waals surface area contributed by atoms with Crippen molar-refractivity contribution in [3.8, 4) is 27.9 Å².